The Morgan fingerprint density at radius 2 is 1.74 bits per heavy atom. The van der Waals surface area contributed by atoms with Gasteiger partial charge in [0.2, 0.25) is 0 Å². The third kappa shape index (κ3) is 3.85. The third-order valence-electron chi connectivity index (χ3n) is 3.23. The molecule has 1 aliphatic rings. The molecule has 6 nitrogen and oxygen atoms in total. The fourth-order valence-corrected chi connectivity index (χ4v) is 2.10. The fourth-order valence-electron chi connectivity index (χ4n) is 2.10. The van der Waals surface area contributed by atoms with E-state index in [4.69, 9.17) is 14.2 Å². The molecular formula is C17H16O6. The van der Waals surface area contributed by atoms with E-state index < -0.39 is 23.5 Å². The van der Waals surface area contributed by atoms with Crippen LogP contribution in [0.25, 0.3) is 6.08 Å². The zero-order chi connectivity index (χ0) is 17.0. The minimum atomic E-state index is -1.44. The van der Waals surface area contributed by atoms with Gasteiger partial charge >= 0.3 is 5.97 Å². The summed E-state index contributed by atoms with van der Waals surface area (Å²) in [6.45, 7) is 1.48. The molecule has 0 saturated carbocycles. The highest BCUT2D eigenvalue weighted by Gasteiger charge is 2.36. The number of cyclic esters (lactones) is 1. The molecule has 0 aliphatic carbocycles. The van der Waals surface area contributed by atoms with Crippen LogP contribution in [0.4, 0.5) is 0 Å². The molecule has 1 heterocycles. The van der Waals surface area contributed by atoms with Gasteiger partial charge in [0.25, 0.3) is 0 Å². The molecule has 1 aromatic carbocycles. The first kappa shape index (κ1) is 16.5. The molecule has 0 fully saturated rings. The van der Waals surface area contributed by atoms with Gasteiger partial charge in [-0.3, -0.25) is 14.4 Å². The van der Waals surface area contributed by atoms with Crippen LogP contribution in [0.5, 0.6) is 11.5 Å². The second-order valence-corrected chi connectivity index (χ2v) is 4.89. The molecule has 1 atom stereocenters. The summed E-state index contributed by atoms with van der Waals surface area (Å²) in [6.07, 6.45) is 3.80. The normalized spacial score (nSPS) is 17.7. The Balaban J connectivity index is 2.21. The smallest absolute Gasteiger partial charge is 0.329 e. The number of esters is 1. The van der Waals surface area contributed by atoms with Crippen LogP contribution in [0.3, 0.4) is 0 Å². The van der Waals surface area contributed by atoms with Crippen molar-refractivity contribution in [2.75, 3.05) is 14.2 Å². The van der Waals surface area contributed by atoms with E-state index in [0.29, 0.717) is 17.1 Å². The molecule has 0 radical (unpaired) electrons. The van der Waals surface area contributed by atoms with Gasteiger partial charge in [-0.15, -0.1) is 0 Å². The number of hydrogen-bond donors (Lipinski definition) is 0. The van der Waals surface area contributed by atoms with Crippen LogP contribution in [0.15, 0.2) is 36.1 Å². The summed E-state index contributed by atoms with van der Waals surface area (Å²) in [5, 5.41) is 0. The monoisotopic (exact) mass is 316 g/mol. The largest absolute Gasteiger partial charge is 0.497 e. The number of benzene rings is 1. The van der Waals surface area contributed by atoms with Crippen molar-refractivity contribution in [1.82, 2.24) is 0 Å². The topological polar surface area (TPSA) is 78.9 Å². The van der Waals surface area contributed by atoms with E-state index in [0.717, 1.165) is 6.08 Å². The Hall–Kier alpha value is -2.89. The molecule has 1 aliphatic heterocycles. The highest BCUT2D eigenvalue weighted by molar-refractivity contribution is 6.25. The number of hydrogen-bond acceptors (Lipinski definition) is 6. The average Bonchev–Trinajstić information content (AvgIpc) is 2.51. The molecule has 23 heavy (non-hydrogen) atoms. The van der Waals surface area contributed by atoms with Gasteiger partial charge in [-0.05, 0) is 30.7 Å². The number of carbonyl (C=O) groups excluding carboxylic acids is 3. The van der Waals surface area contributed by atoms with Crippen LogP contribution in [0.2, 0.25) is 0 Å². The Morgan fingerprint density at radius 1 is 1.13 bits per heavy atom. The first-order valence-electron chi connectivity index (χ1n) is 6.83. The Bertz CT molecular complexity index is 692. The number of methoxy groups -OCH3 is 2. The van der Waals surface area contributed by atoms with E-state index in [1.54, 1.807) is 18.2 Å². The van der Waals surface area contributed by atoms with E-state index in [9.17, 15) is 14.4 Å². The van der Waals surface area contributed by atoms with Crippen LogP contribution in [-0.4, -0.2) is 31.8 Å². The van der Waals surface area contributed by atoms with Crippen molar-refractivity contribution in [3.63, 3.8) is 0 Å². The van der Waals surface area contributed by atoms with E-state index >= 15 is 0 Å². The average molecular weight is 316 g/mol. The maximum atomic E-state index is 12.1. The van der Waals surface area contributed by atoms with Crippen molar-refractivity contribution in [3.8, 4) is 11.5 Å². The lowest BCUT2D eigenvalue weighted by Crippen LogP contribution is -2.34. The minimum Gasteiger partial charge on any atom is -0.497 e. The second-order valence-electron chi connectivity index (χ2n) is 4.89. The molecule has 0 saturated heterocycles. The van der Waals surface area contributed by atoms with Crippen LogP contribution >= 0.6 is 0 Å². The molecule has 120 valence electrons. The van der Waals surface area contributed by atoms with Gasteiger partial charge in [-0.2, -0.15) is 0 Å². The zero-order valence-corrected chi connectivity index (χ0v) is 13.0. The molecule has 0 aromatic heterocycles. The molecule has 1 aromatic rings. The molecule has 0 amide bonds. The van der Waals surface area contributed by atoms with Gasteiger partial charge in [0.05, 0.1) is 14.2 Å². The van der Waals surface area contributed by atoms with Crippen molar-refractivity contribution < 1.29 is 28.6 Å². The number of rotatable bonds is 5. The lowest BCUT2D eigenvalue weighted by Gasteiger charge is -2.15. The Morgan fingerprint density at radius 3 is 2.26 bits per heavy atom. The lowest BCUT2D eigenvalue weighted by atomic mass is 9.96. The van der Waals surface area contributed by atoms with Crippen molar-refractivity contribution >= 4 is 23.6 Å². The van der Waals surface area contributed by atoms with Crippen molar-refractivity contribution in [2.45, 2.75) is 6.92 Å². The third-order valence-corrected chi connectivity index (χ3v) is 3.23. The first-order chi connectivity index (χ1) is 10.9. The van der Waals surface area contributed by atoms with Crippen molar-refractivity contribution in [1.29, 1.82) is 0 Å². The summed E-state index contributed by atoms with van der Waals surface area (Å²) in [6, 6.07) is 5.07. The van der Waals surface area contributed by atoms with Crippen molar-refractivity contribution in [2.24, 2.45) is 5.92 Å². The van der Waals surface area contributed by atoms with Gasteiger partial charge in [0.15, 0.2) is 17.5 Å². The number of ether oxygens (including phenoxy) is 3. The van der Waals surface area contributed by atoms with E-state index in [2.05, 4.69) is 0 Å². The standard InChI is InChI=1S/C17H16O6/c1-10-6-15(19)16(17(20)23-10)14(18)5-4-11-7-12(21-2)9-13(8-11)22-3/h4-9,16H,1-3H3/b5-4+/t16-/m1/s1. The first-order valence-corrected chi connectivity index (χ1v) is 6.83. The highest BCUT2D eigenvalue weighted by atomic mass is 16.5. The predicted octanol–water partition coefficient (Wildman–Crippen LogP) is 1.93. The zero-order valence-electron chi connectivity index (χ0n) is 13.0. The fraction of sp³-hybridized carbons (Fsp3) is 0.235. The van der Waals surface area contributed by atoms with E-state index in [1.165, 1.54) is 33.3 Å². The maximum absolute atomic E-state index is 12.1. The van der Waals surface area contributed by atoms with Gasteiger partial charge in [0, 0.05) is 12.1 Å². The highest BCUT2D eigenvalue weighted by Crippen LogP contribution is 2.23. The molecule has 0 bridgehead atoms. The number of ketones is 2. The number of allylic oxidation sites excluding steroid dienone is 3. The molecule has 6 heteroatoms. The second kappa shape index (κ2) is 6.91. The van der Waals surface area contributed by atoms with E-state index in [1.807, 2.05) is 0 Å². The van der Waals surface area contributed by atoms with Crippen LogP contribution in [0, 0.1) is 5.92 Å². The Kier molecular flexibility index (Phi) is 4.95. The maximum Gasteiger partial charge on any atom is 0.329 e. The molecule has 2 rings (SSSR count). The van der Waals surface area contributed by atoms with Gasteiger partial charge in [-0.25, -0.2) is 0 Å². The van der Waals surface area contributed by atoms with Crippen molar-refractivity contribution in [3.05, 3.63) is 41.7 Å². The summed E-state index contributed by atoms with van der Waals surface area (Å²) in [5.74, 6) is -2.20. The summed E-state index contributed by atoms with van der Waals surface area (Å²) in [5.41, 5.74) is 0.637. The van der Waals surface area contributed by atoms with Crippen LogP contribution < -0.4 is 9.47 Å². The predicted molar refractivity (Wildman–Crippen MR) is 81.9 cm³/mol. The van der Waals surface area contributed by atoms with Gasteiger partial charge in [-0.1, -0.05) is 6.08 Å². The summed E-state index contributed by atoms with van der Waals surface area (Å²) < 4.78 is 15.1. The summed E-state index contributed by atoms with van der Waals surface area (Å²) in [4.78, 5) is 35.6. The molecular weight excluding hydrogens is 300 g/mol. The quantitative estimate of drug-likeness (QED) is 0.469. The summed E-state index contributed by atoms with van der Waals surface area (Å²) in [7, 11) is 3.03. The summed E-state index contributed by atoms with van der Waals surface area (Å²) >= 11 is 0. The van der Waals surface area contributed by atoms with Gasteiger partial charge in [0.1, 0.15) is 17.3 Å². The lowest BCUT2D eigenvalue weighted by molar-refractivity contribution is -0.151. The Labute approximate surface area is 133 Å². The van der Waals surface area contributed by atoms with E-state index in [-0.39, 0.29) is 5.76 Å². The minimum absolute atomic E-state index is 0.186. The van der Waals surface area contributed by atoms with Gasteiger partial charge < -0.3 is 14.2 Å². The number of carbonyl (C=O) groups is 3. The van der Waals surface area contributed by atoms with Crippen LogP contribution in [-0.2, 0) is 19.1 Å². The molecule has 0 N–H and O–H groups in total. The SMILES string of the molecule is COc1cc(/C=C/C(=O)[C@@H]2C(=O)C=C(C)OC2=O)cc(OC)c1. The molecule has 0 spiro atoms. The van der Waals surface area contributed by atoms with Crippen LogP contribution in [0.1, 0.15) is 12.5 Å². The molecule has 0 unspecified atom stereocenters.